The molecular weight excluding hydrogens is 280 g/mol. The second-order valence-corrected chi connectivity index (χ2v) is 5.16. The summed E-state index contributed by atoms with van der Waals surface area (Å²) in [5.74, 6) is -1.01. The predicted molar refractivity (Wildman–Crippen MR) is 76.0 cm³/mol. The van der Waals surface area contributed by atoms with Crippen molar-refractivity contribution in [3.63, 3.8) is 0 Å². The molecule has 0 radical (unpaired) electrons. The van der Waals surface area contributed by atoms with Crippen LogP contribution in [0.1, 0.15) is 10.4 Å². The van der Waals surface area contributed by atoms with Gasteiger partial charge in [0.05, 0.1) is 6.54 Å². The number of aliphatic carboxylic acids is 1. The van der Waals surface area contributed by atoms with E-state index < -0.39 is 17.1 Å². The van der Waals surface area contributed by atoms with Gasteiger partial charge in [0.25, 0.3) is 0 Å². The molecule has 0 spiro atoms. The van der Waals surface area contributed by atoms with Gasteiger partial charge in [-0.1, -0.05) is 0 Å². The molecule has 2 aromatic heterocycles. The number of rotatable bonds is 4. The SMILES string of the molecule is Cn1ccn(Cc2cc(C=CC(=O)O)cs2)c(=O)c1=O. The van der Waals surface area contributed by atoms with Crippen LogP contribution in [0.15, 0.2) is 39.5 Å². The van der Waals surface area contributed by atoms with E-state index in [-0.39, 0.29) is 0 Å². The van der Waals surface area contributed by atoms with Crippen LogP contribution in [0.3, 0.4) is 0 Å². The van der Waals surface area contributed by atoms with E-state index >= 15 is 0 Å². The molecule has 2 rings (SSSR count). The molecule has 0 aliphatic rings. The second-order valence-electron chi connectivity index (χ2n) is 4.17. The number of thiophene rings is 1. The van der Waals surface area contributed by atoms with Gasteiger partial charge in [0.1, 0.15) is 0 Å². The Hall–Kier alpha value is -2.41. The molecule has 1 N–H and O–H groups in total. The maximum atomic E-state index is 11.8. The highest BCUT2D eigenvalue weighted by molar-refractivity contribution is 7.10. The van der Waals surface area contributed by atoms with Gasteiger partial charge < -0.3 is 14.2 Å². The van der Waals surface area contributed by atoms with Gasteiger partial charge in [-0.3, -0.25) is 9.59 Å². The monoisotopic (exact) mass is 292 g/mol. The highest BCUT2D eigenvalue weighted by Gasteiger charge is 2.05. The summed E-state index contributed by atoms with van der Waals surface area (Å²) in [5.41, 5.74) is -0.398. The smallest absolute Gasteiger partial charge is 0.328 e. The standard InChI is InChI=1S/C13H12N2O4S/c1-14-4-5-15(13(19)12(14)18)7-10-6-9(8-20-10)2-3-11(16)17/h2-6,8H,7H2,1H3,(H,16,17). The number of nitrogens with zero attached hydrogens (tertiary/aromatic N) is 2. The van der Waals surface area contributed by atoms with Gasteiger partial charge in [-0.25, -0.2) is 4.79 Å². The first-order valence-electron chi connectivity index (χ1n) is 5.72. The molecule has 0 aliphatic heterocycles. The maximum Gasteiger partial charge on any atom is 0.328 e. The number of hydrogen-bond acceptors (Lipinski definition) is 4. The Morgan fingerprint density at radius 2 is 2.10 bits per heavy atom. The molecule has 0 unspecified atom stereocenters. The van der Waals surface area contributed by atoms with Gasteiger partial charge in [0.2, 0.25) is 0 Å². The van der Waals surface area contributed by atoms with Gasteiger partial charge in [0.15, 0.2) is 0 Å². The molecule has 104 valence electrons. The fraction of sp³-hybridized carbons (Fsp3) is 0.154. The van der Waals surface area contributed by atoms with E-state index in [4.69, 9.17) is 5.11 Å². The summed E-state index contributed by atoms with van der Waals surface area (Å²) in [6, 6.07) is 1.79. The van der Waals surface area contributed by atoms with E-state index in [0.717, 1.165) is 16.5 Å². The Bertz CT molecular complexity index is 782. The molecule has 0 amide bonds. The predicted octanol–water partition coefficient (Wildman–Crippen LogP) is 0.755. The lowest BCUT2D eigenvalue weighted by Gasteiger charge is -2.03. The van der Waals surface area contributed by atoms with Crippen molar-refractivity contribution < 1.29 is 9.90 Å². The summed E-state index contributed by atoms with van der Waals surface area (Å²) in [5, 5.41) is 10.3. The lowest BCUT2D eigenvalue weighted by molar-refractivity contribution is -0.131. The number of carboxylic acids is 1. The normalized spacial score (nSPS) is 11.1. The van der Waals surface area contributed by atoms with Crippen molar-refractivity contribution in [2.75, 3.05) is 0 Å². The molecule has 2 aromatic rings. The highest BCUT2D eigenvalue weighted by atomic mass is 32.1. The van der Waals surface area contributed by atoms with E-state index in [1.165, 1.54) is 39.8 Å². The van der Waals surface area contributed by atoms with Crippen LogP contribution in [0.5, 0.6) is 0 Å². The maximum absolute atomic E-state index is 11.8. The van der Waals surface area contributed by atoms with Gasteiger partial charge in [-0.15, -0.1) is 11.3 Å². The van der Waals surface area contributed by atoms with Crippen molar-refractivity contribution in [2.24, 2.45) is 7.05 Å². The summed E-state index contributed by atoms with van der Waals surface area (Å²) in [6.07, 6.45) is 5.62. The zero-order chi connectivity index (χ0) is 14.7. The zero-order valence-corrected chi connectivity index (χ0v) is 11.5. The van der Waals surface area contributed by atoms with Crippen LogP contribution in [-0.4, -0.2) is 20.2 Å². The van der Waals surface area contributed by atoms with Crippen LogP contribution in [0, 0.1) is 0 Å². The Morgan fingerprint density at radius 1 is 1.35 bits per heavy atom. The average molecular weight is 292 g/mol. The molecule has 0 saturated carbocycles. The van der Waals surface area contributed by atoms with Crippen LogP contribution in [0.25, 0.3) is 6.08 Å². The number of carbonyl (C=O) groups is 1. The van der Waals surface area contributed by atoms with Gasteiger partial charge in [-0.05, 0) is 23.1 Å². The minimum atomic E-state index is -1.01. The van der Waals surface area contributed by atoms with Crippen LogP contribution < -0.4 is 11.1 Å². The van der Waals surface area contributed by atoms with Crippen molar-refractivity contribution in [3.8, 4) is 0 Å². The van der Waals surface area contributed by atoms with Crippen LogP contribution in [0.4, 0.5) is 0 Å². The molecule has 2 heterocycles. The van der Waals surface area contributed by atoms with E-state index in [0.29, 0.717) is 6.54 Å². The third kappa shape index (κ3) is 3.12. The summed E-state index contributed by atoms with van der Waals surface area (Å²) in [4.78, 5) is 34.6. The summed E-state index contributed by atoms with van der Waals surface area (Å²) < 4.78 is 2.56. The topological polar surface area (TPSA) is 81.3 Å². The van der Waals surface area contributed by atoms with Crippen molar-refractivity contribution in [1.82, 2.24) is 9.13 Å². The molecule has 6 nitrogen and oxygen atoms in total. The van der Waals surface area contributed by atoms with Crippen molar-refractivity contribution in [2.45, 2.75) is 6.54 Å². The van der Waals surface area contributed by atoms with Crippen molar-refractivity contribution in [3.05, 3.63) is 61.1 Å². The number of aryl methyl sites for hydroxylation is 1. The largest absolute Gasteiger partial charge is 0.478 e. The average Bonchev–Trinajstić information content (AvgIpc) is 2.85. The first-order chi connectivity index (χ1) is 9.47. The summed E-state index contributed by atoms with van der Waals surface area (Å²) >= 11 is 1.40. The quantitative estimate of drug-likeness (QED) is 0.666. The summed E-state index contributed by atoms with van der Waals surface area (Å²) in [6.45, 7) is 0.292. The molecule has 0 bridgehead atoms. The third-order valence-electron chi connectivity index (χ3n) is 2.65. The summed E-state index contributed by atoms with van der Waals surface area (Å²) in [7, 11) is 1.52. The lowest BCUT2D eigenvalue weighted by Crippen LogP contribution is -2.39. The highest BCUT2D eigenvalue weighted by Crippen LogP contribution is 2.16. The lowest BCUT2D eigenvalue weighted by atomic mass is 10.3. The zero-order valence-electron chi connectivity index (χ0n) is 10.6. The van der Waals surface area contributed by atoms with Gasteiger partial charge >= 0.3 is 17.1 Å². The van der Waals surface area contributed by atoms with E-state index in [1.54, 1.807) is 17.6 Å². The van der Waals surface area contributed by atoms with Crippen LogP contribution in [0.2, 0.25) is 0 Å². The van der Waals surface area contributed by atoms with E-state index in [9.17, 15) is 14.4 Å². The van der Waals surface area contributed by atoms with Gasteiger partial charge in [-0.2, -0.15) is 0 Å². The van der Waals surface area contributed by atoms with E-state index in [2.05, 4.69) is 0 Å². The van der Waals surface area contributed by atoms with Crippen molar-refractivity contribution >= 4 is 23.4 Å². The van der Waals surface area contributed by atoms with E-state index in [1.807, 2.05) is 0 Å². The molecule has 0 saturated heterocycles. The third-order valence-corrected chi connectivity index (χ3v) is 3.59. The molecule has 0 atom stereocenters. The van der Waals surface area contributed by atoms with Crippen molar-refractivity contribution in [1.29, 1.82) is 0 Å². The fourth-order valence-electron chi connectivity index (χ4n) is 1.62. The molecule has 7 heteroatoms. The molecular formula is C13H12N2O4S. The Balaban J connectivity index is 2.24. The molecule has 20 heavy (non-hydrogen) atoms. The minimum absolute atomic E-state index is 0.292. The molecule has 0 fully saturated rings. The Labute approximate surface area is 117 Å². The first-order valence-corrected chi connectivity index (χ1v) is 6.60. The fourth-order valence-corrected chi connectivity index (χ4v) is 2.47. The van der Waals surface area contributed by atoms with Crippen LogP contribution >= 0.6 is 11.3 Å². The number of hydrogen-bond donors (Lipinski definition) is 1. The van der Waals surface area contributed by atoms with Crippen LogP contribution in [-0.2, 0) is 18.4 Å². The Kier molecular flexibility index (Phi) is 3.99. The Morgan fingerprint density at radius 3 is 2.80 bits per heavy atom. The van der Waals surface area contributed by atoms with Gasteiger partial charge in [0, 0.05) is 30.4 Å². The second kappa shape index (κ2) is 5.70. The molecule has 0 aliphatic carbocycles. The molecule has 0 aromatic carbocycles. The first kappa shape index (κ1) is 14.0. The number of aromatic nitrogens is 2. The minimum Gasteiger partial charge on any atom is -0.478 e. The number of carboxylic acid groups (broad SMARTS) is 1.